The number of ether oxygens (including phenoxy) is 1. The first-order valence-electron chi connectivity index (χ1n) is 8.93. The molecule has 29 heavy (non-hydrogen) atoms. The minimum atomic E-state index is -0.975. The largest absolute Gasteiger partial charge is 0.449 e. The maximum Gasteiger partial charge on any atom is 0.374 e. The standard InChI is InChI=1S/C22H19NO6/c1-13-4-5-17(12-14(13)2)21(24)15(3)28-22(25)20-11-10-19(29-20)16-6-8-18(9-7-16)23(26)27/h4-12,15H,1-3H3/t15-/m0/s1. The van der Waals surface area contributed by atoms with E-state index in [0.717, 1.165) is 11.1 Å². The van der Waals surface area contributed by atoms with Crippen LogP contribution in [0, 0.1) is 24.0 Å². The van der Waals surface area contributed by atoms with E-state index in [1.807, 2.05) is 19.9 Å². The van der Waals surface area contributed by atoms with Crippen LogP contribution in [-0.2, 0) is 4.74 Å². The number of hydrogen-bond donors (Lipinski definition) is 0. The first-order valence-corrected chi connectivity index (χ1v) is 8.93. The molecule has 0 radical (unpaired) electrons. The molecule has 0 unspecified atom stereocenters. The molecule has 1 heterocycles. The van der Waals surface area contributed by atoms with Gasteiger partial charge in [0.1, 0.15) is 5.76 Å². The zero-order valence-corrected chi connectivity index (χ0v) is 16.2. The molecule has 2 aromatic carbocycles. The minimum absolute atomic E-state index is 0.0429. The molecule has 0 fully saturated rings. The third kappa shape index (κ3) is 4.40. The van der Waals surface area contributed by atoms with Crippen LogP contribution in [0.5, 0.6) is 0 Å². The van der Waals surface area contributed by atoms with Crippen LogP contribution in [0.4, 0.5) is 5.69 Å². The van der Waals surface area contributed by atoms with Gasteiger partial charge in [0.2, 0.25) is 11.5 Å². The second-order valence-electron chi connectivity index (χ2n) is 6.68. The average Bonchev–Trinajstić information content (AvgIpc) is 3.20. The summed E-state index contributed by atoms with van der Waals surface area (Å²) in [4.78, 5) is 35.1. The van der Waals surface area contributed by atoms with Crippen LogP contribution >= 0.6 is 0 Å². The molecule has 1 atom stereocenters. The maximum absolute atomic E-state index is 12.5. The Morgan fingerprint density at radius 1 is 1.00 bits per heavy atom. The van der Waals surface area contributed by atoms with Gasteiger partial charge in [-0.2, -0.15) is 0 Å². The Morgan fingerprint density at radius 3 is 2.31 bits per heavy atom. The van der Waals surface area contributed by atoms with Gasteiger partial charge in [-0.1, -0.05) is 12.1 Å². The van der Waals surface area contributed by atoms with Crippen LogP contribution in [0.15, 0.2) is 59.0 Å². The van der Waals surface area contributed by atoms with Crippen molar-refractivity contribution in [1.29, 1.82) is 0 Å². The van der Waals surface area contributed by atoms with Crippen LogP contribution in [0.3, 0.4) is 0 Å². The first-order chi connectivity index (χ1) is 13.8. The van der Waals surface area contributed by atoms with Crippen molar-refractivity contribution in [2.45, 2.75) is 26.9 Å². The van der Waals surface area contributed by atoms with Crippen molar-refractivity contribution in [3.8, 4) is 11.3 Å². The predicted octanol–water partition coefficient (Wildman–Crippen LogP) is 4.90. The lowest BCUT2D eigenvalue weighted by Crippen LogP contribution is -2.24. The number of furan rings is 1. The van der Waals surface area contributed by atoms with Gasteiger partial charge in [-0.25, -0.2) is 4.79 Å². The summed E-state index contributed by atoms with van der Waals surface area (Å²) in [7, 11) is 0. The quantitative estimate of drug-likeness (QED) is 0.256. The number of carbonyl (C=O) groups is 2. The molecule has 0 N–H and O–H groups in total. The number of esters is 1. The third-order valence-corrected chi connectivity index (χ3v) is 4.61. The van der Waals surface area contributed by atoms with Crippen LogP contribution in [-0.4, -0.2) is 22.8 Å². The van der Waals surface area contributed by atoms with Gasteiger partial charge in [0.15, 0.2) is 6.10 Å². The van der Waals surface area contributed by atoms with Gasteiger partial charge in [-0.15, -0.1) is 0 Å². The maximum atomic E-state index is 12.5. The van der Waals surface area contributed by atoms with Crippen LogP contribution in [0.1, 0.15) is 39.0 Å². The van der Waals surface area contributed by atoms with E-state index in [-0.39, 0.29) is 17.2 Å². The normalized spacial score (nSPS) is 11.7. The summed E-state index contributed by atoms with van der Waals surface area (Å²) < 4.78 is 10.7. The second kappa shape index (κ2) is 8.10. The highest BCUT2D eigenvalue weighted by atomic mass is 16.6. The predicted molar refractivity (Wildman–Crippen MR) is 106 cm³/mol. The van der Waals surface area contributed by atoms with Gasteiger partial charge < -0.3 is 9.15 Å². The molecule has 7 nitrogen and oxygen atoms in total. The summed E-state index contributed by atoms with van der Waals surface area (Å²) in [6.07, 6.45) is -0.975. The number of non-ortho nitro benzene ring substituents is 1. The molecule has 0 aliphatic carbocycles. The summed E-state index contributed by atoms with van der Waals surface area (Å²) >= 11 is 0. The summed E-state index contributed by atoms with van der Waals surface area (Å²) in [5, 5.41) is 10.7. The van der Waals surface area contributed by atoms with E-state index < -0.39 is 17.0 Å². The molecule has 148 valence electrons. The second-order valence-corrected chi connectivity index (χ2v) is 6.68. The number of benzene rings is 2. The number of carbonyl (C=O) groups excluding carboxylic acids is 2. The highest BCUT2D eigenvalue weighted by Crippen LogP contribution is 2.25. The van der Waals surface area contributed by atoms with E-state index in [9.17, 15) is 19.7 Å². The number of nitro benzene ring substituents is 1. The fraction of sp³-hybridized carbons (Fsp3) is 0.182. The van der Waals surface area contributed by atoms with Crippen molar-refractivity contribution in [2.75, 3.05) is 0 Å². The van der Waals surface area contributed by atoms with Crippen molar-refractivity contribution in [3.05, 3.63) is 87.2 Å². The summed E-state index contributed by atoms with van der Waals surface area (Å²) in [6, 6.07) is 14.1. The van der Waals surface area contributed by atoms with E-state index >= 15 is 0 Å². The number of Topliss-reactive ketones (excluding diaryl/α,β-unsaturated/α-hetero) is 1. The molecule has 0 aliphatic rings. The summed E-state index contributed by atoms with van der Waals surface area (Å²) in [5.41, 5.74) is 3.06. The lowest BCUT2D eigenvalue weighted by molar-refractivity contribution is -0.384. The minimum Gasteiger partial charge on any atom is -0.449 e. The Morgan fingerprint density at radius 2 is 1.69 bits per heavy atom. The Labute approximate surface area is 167 Å². The Balaban J connectivity index is 1.70. The highest BCUT2D eigenvalue weighted by Gasteiger charge is 2.23. The van der Waals surface area contributed by atoms with Crippen molar-refractivity contribution < 1.29 is 23.7 Å². The van der Waals surface area contributed by atoms with Gasteiger partial charge in [-0.05, 0) is 62.2 Å². The zero-order chi connectivity index (χ0) is 21.1. The number of aryl methyl sites for hydroxylation is 2. The van der Waals surface area contributed by atoms with Crippen molar-refractivity contribution in [3.63, 3.8) is 0 Å². The topological polar surface area (TPSA) is 99.7 Å². The summed E-state index contributed by atoms with van der Waals surface area (Å²) in [6.45, 7) is 5.37. The third-order valence-electron chi connectivity index (χ3n) is 4.61. The van der Waals surface area contributed by atoms with Crippen LogP contribution < -0.4 is 0 Å². The SMILES string of the molecule is Cc1ccc(C(=O)[C@H](C)OC(=O)c2ccc(-c3ccc([N+](=O)[O-])cc3)o2)cc1C. The Hall–Kier alpha value is -3.74. The zero-order valence-electron chi connectivity index (χ0n) is 16.2. The number of hydrogen-bond acceptors (Lipinski definition) is 6. The van der Waals surface area contributed by atoms with E-state index in [0.29, 0.717) is 16.9 Å². The van der Waals surface area contributed by atoms with Gasteiger partial charge in [0.05, 0.1) is 4.92 Å². The van der Waals surface area contributed by atoms with Gasteiger partial charge >= 0.3 is 5.97 Å². The molecule has 3 aromatic rings. The van der Waals surface area contributed by atoms with E-state index in [1.165, 1.54) is 37.3 Å². The van der Waals surface area contributed by atoms with Crippen LogP contribution in [0.25, 0.3) is 11.3 Å². The van der Waals surface area contributed by atoms with Crippen molar-refractivity contribution in [1.82, 2.24) is 0 Å². The van der Waals surface area contributed by atoms with Gasteiger partial charge in [-0.3, -0.25) is 14.9 Å². The number of ketones is 1. The molecule has 0 bridgehead atoms. The molecular formula is C22H19NO6. The molecule has 3 rings (SSSR count). The number of rotatable bonds is 6. The molecule has 0 amide bonds. The number of nitrogens with zero attached hydrogens (tertiary/aromatic N) is 1. The van der Waals surface area contributed by atoms with E-state index in [2.05, 4.69) is 0 Å². The van der Waals surface area contributed by atoms with E-state index in [1.54, 1.807) is 18.2 Å². The molecule has 0 saturated carbocycles. The molecule has 0 aliphatic heterocycles. The van der Waals surface area contributed by atoms with Gasteiger partial charge in [0.25, 0.3) is 5.69 Å². The van der Waals surface area contributed by atoms with Crippen LogP contribution in [0.2, 0.25) is 0 Å². The molecule has 0 saturated heterocycles. The molecule has 7 heteroatoms. The fourth-order valence-electron chi connectivity index (χ4n) is 2.75. The first kappa shape index (κ1) is 20.0. The molecular weight excluding hydrogens is 374 g/mol. The Bertz CT molecular complexity index is 1080. The lowest BCUT2D eigenvalue weighted by Gasteiger charge is -2.12. The van der Waals surface area contributed by atoms with Gasteiger partial charge in [0, 0.05) is 23.3 Å². The summed E-state index contributed by atoms with van der Waals surface area (Å²) in [5.74, 6) is -0.760. The molecule has 0 spiro atoms. The van der Waals surface area contributed by atoms with E-state index in [4.69, 9.17) is 9.15 Å². The molecule has 1 aromatic heterocycles. The smallest absolute Gasteiger partial charge is 0.374 e. The monoisotopic (exact) mass is 393 g/mol. The lowest BCUT2D eigenvalue weighted by atomic mass is 10.0. The highest BCUT2D eigenvalue weighted by molar-refractivity contribution is 6.01. The number of nitro groups is 1. The van der Waals surface area contributed by atoms with Crippen molar-refractivity contribution >= 4 is 17.4 Å². The fourth-order valence-corrected chi connectivity index (χ4v) is 2.75. The Kier molecular flexibility index (Phi) is 5.59. The van der Waals surface area contributed by atoms with Crippen molar-refractivity contribution in [2.24, 2.45) is 0 Å². The average molecular weight is 393 g/mol.